The second-order valence-electron chi connectivity index (χ2n) is 8.54. The van der Waals surface area contributed by atoms with Crippen LogP contribution < -0.4 is 19.5 Å². The summed E-state index contributed by atoms with van der Waals surface area (Å²) in [6.45, 7) is 0.161. The smallest absolute Gasteiger partial charge is 0.258 e. The Balaban J connectivity index is 1.57. The first kappa shape index (κ1) is 28.7. The average Bonchev–Trinajstić information content (AvgIpc) is 2.92. The molecule has 4 aromatic rings. The molecule has 1 aromatic heterocycles. The maximum absolute atomic E-state index is 15.1. The Labute approximate surface area is 230 Å². The number of benzene rings is 3. The van der Waals surface area contributed by atoms with E-state index in [1.54, 1.807) is 18.2 Å². The van der Waals surface area contributed by atoms with E-state index in [0.717, 1.165) is 12.1 Å². The van der Waals surface area contributed by atoms with Crippen LogP contribution in [0.15, 0.2) is 71.3 Å². The van der Waals surface area contributed by atoms with Gasteiger partial charge in [0.05, 0.1) is 32.1 Å². The van der Waals surface area contributed by atoms with Crippen molar-refractivity contribution in [1.82, 2.24) is 4.98 Å². The molecule has 12 heteroatoms. The predicted molar refractivity (Wildman–Crippen MR) is 148 cm³/mol. The predicted octanol–water partition coefficient (Wildman–Crippen LogP) is 5.70. The number of fused-ring (bicyclic) bond motifs is 1. The number of amidine groups is 1. The Kier molecular flexibility index (Phi) is 9.12. The molecule has 0 spiro atoms. The fourth-order valence-electron chi connectivity index (χ4n) is 3.85. The Morgan fingerprint density at radius 1 is 0.925 bits per heavy atom. The lowest BCUT2D eigenvalue weighted by Crippen LogP contribution is -2.17. The number of aromatic nitrogens is 1. The lowest BCUT2D eigenvalue weighted by molar-refractivity contribution is 0.207. The van der Waals surface area contributed by atoms with Gasteiger partial charge in [0.25, 0.3) is 10.0 Å². The molecule has 0 unspecified atom stereocenters. The molecule has 0 fully saturated rings. The van der Waals surface area contributed by atoms with Gasteiger partial charge in [0.2, 0.25) is 0 Å². The maximum Gasteiger partial charge on any atom is 0.258 e. The van der Waals surface area contributed by atoms with E-state index in [9.17, 15) is 12.8 Å². The molecule has 0 aliphatic carbocycles. The van der Waals surface area contributed by atoms with Gasteiger partial charge in [0.1, 0.15) is 17.4 Å². The van der Waals surface area contributed by atoms with Crippen molar-refractivity contribution in [2.75, 3.05) is 33.3 Å². The van der Waals surface area contributed by atoms with Gasteiger partial charge in [-0.15, -0.1) is 4.40 Å². The number of pyridine rings is 1. The Morgan fingerprint density at radius 3 is 2.40 bits per heavy atom. The molecule has 1 heterocycles. The summed E-state index contributed by atoms with van der Waals surface area (Å²) in [7, 11) is 0.442. The molecule has 3 aromatic carbocycles. The Hall–Kier alpha value is -4.29. The summed E-state index contributed by atoms with van der Waals surface area (Å²) >= 11 is 0. The molecule has 210 valence electrons. The summed E-state index contributed by atoms with van der Waals surface area (Å²) in [5.41, 5.74) is 1.06. The number of anilines is 1. The first-order chi connectivity index (χ1) is 19.2. The highest BCUT2D eigenvalue weighted by Crippen LogP contribution is 2.37. The normalized spacial score (nSPS) is 11.9. The monoisotopic (exact) mass is 571 g/mol. The van der Waals surface area contributed by atoms with Crippen molar-refractivity contribution in [1.29, 1.82) is 0 Å². The van der Waals surface area contributed by atoms with Crippen molar-refractivity contribution in [2.45, 2.75) is 12.2 Å². The molecule has 0 atom stereocenters. The molecule has 0 aliphatic heterocycles. The zero-order valence-electron chi connectivity index (χ0n) is 22.0. The molecule has 4 rings (SSSR count). The molecule has 9 nitrogen and oxygen atoms in total. The van der Waals surface area contributed by atoms with E-state index in [4.69, 9.17) is 18.9 Å². The van der Waals surface area contributed by atoms with Crippen LogP contribution in [0, 0.1) is 11.6 Å². The van der Waals surface area contributed by atoms with E-state index in [-0.39, 0.29) is 35.9 Å². The fourth-order valence-corrected chi connectivity index (χ4v) is 4.99. The lowest BCUT2D eigenvalue weighted by Gasteiger charge is -2.14. The van der Waals surface area contributed by atoms with Crippen LogP contribution in [0.4, 0.5) is 14.5 Å². The van der Waals surface area contributed by atoms with E-state index >= 15 is 4.39 Å². The van der Waals surface area contributed by atoms with Crippen LogP contribution in [0.3, 0.4) is 0 Å². The number of rotatable bonds is 11. The van der Waals surface area contributed by atoms with Crippen molar-refractivity contribution < 1.29 is 36.1 Å². The number of halogens is 2. The van der Waals surface area contributed by atoms with Crippen molar-refractivity contribution >= 4 is 32.4 Å². The lowest BCUT2D eigenvalue weighted by atomic mass is 10.2. The summed E-state index contributed by atoms with van der Waals surface area (Å²) < 4.78 is 79.4. The van der Waals surface area contributed by atoms with E-state index in [1.165, 1.54) is 57.9 Å². The summed E-state index contributed by atoms with van der Waals surface area (Å²) in [6.07, 6.45) is 1.63. The number of methoxy groups -OCH3 is 3. The Bertz CT molecular complexity index is 1650. The first-order valence-corrected chi connectivity index (χ1v) is 13.6. The van der Waals surface area contributed by atoms with Crippen LogP contribution in [0.25, 0.3) is 10.9 Å². The van der Waals surface area contributed by atoms with E-state index in [0.29, 0.717) is 28.2 Å². The highest BCUT2D eigenvalue weighted by molar-refractivity contribution is 7.89. The van der Waals surface area contributed by atoms with Crippen molar-refractivity contribution in [3.8, 4) is 23.0 Å². The first-order valence-electron chi connectivity index (χ1n) is 12.0. The highest BCUT2D eigenvalue weighted by atomic mass is 32.2. The van der Waals surface area contributed by atoms with Crippen LogP contribution in [-0.2, 0) is 20.5 Å². The molecule has 0 bridgehead atoms. The van der Waals surface area contributed by atoms with E-state index in [1.807, 2.05) is 0 Å². The molecule has 0 aliphatic rings. The maximum atomic E-state index is 15.1. The van der Waals surface area contributed by atoms with Gasteiger partial charge in [-0.1, -0.05) is 12.1 Å². The number of nitrogens with zero attached hydrogens (tertiary/aromatic N) is 2. The summed E-state index contributed by atoms with van der Waals surface area (Å²) in [4.78, 5) is 4.31. The highest BCUT2D eigenvalue weighted by Gasteiger charge is 2.16. The van der Waals surface area contributed by atoms with Crippen molar-refractivity contribution in [3.63, 3.8) is 0 Å². The second-order valence-corrected chi connectivity index (χ2v) is 10.2. The van der Waals surface area contributed by atoms with Crippen LogP contribution >= 0.6 is 0 Å². The molecule has 40 heavy (non-hydrogen) atoms. The quantitative estimate of drug-likeness (QED) is 0.180. The topological polar surface area (TPSA) is 108 Å². The third-order valence-corrected chi connectivity index (χ3v) is 6.87. The number of hydrogen-bond donors (Lipinski definition) is 1. The average molecular weight is 572 g/mol. The van der Waals surface area contributed by atoms with E-state index in [2.05, 4.69) is 14.7 Å². The van der Waals surface area contributed by atoms with Gasteiger partial charge in [-0.2, -0.15) is 0 Å². The van der Waals surface area contributed by atoms with Gasteiger partial charge in [-0.05, 0) is 42.0 Å². The standard InChI is InChI=1S/C28H27F2N3O6S/c1-36-12-10-28(33-40(34,35)17-18-5-4-6-19(29)13-18)32-20-7-8-25(22(30)14-20)39-24-9-11-31-23-16-27(38-3)26(37-2)15-21(23)24/h4-9,11,13-16H,10,12,17H2,1-3H3,(H,32,33). The molecule has 0 radical (unpaired) electrons. The van der Waals surface area contributed by atoms with Gasteiger partial charge in [-0.3, -0.25) is 4.98 Å². The molecule has 0 amide bonds. The molecule has 0 saturated heterocycles. The molecular formula is C28H27F2N3O6S. The van der Waals surface area contributed by atoms with Gasteiger partial charge in [0.15, 0.2) is 23.1 Å². The third-order valence-electron chi connectivity index (χ3n) is 5.68. The van der Waals surface area contributed by atoms with Crippen LogP contribution in [0.2, 0.25) is 0 Å². The van der Waals surface area contributed by atoms with Gasteiger partial charge in [0, 0.05) is 42.9 Å². The third kappa shape index (κ3) is 7.21. The number of hydrogen-bond acceptors (Lipinski definition) is 7. The SMILES string of the molecule is COCC/C(=N\S(=O)(=O)Cc1cccc(F)c1)Nc1ccc(Oc2ccnc3cc(OC)c(OC)cc23)c(F)c1. The number of nitrogens with one attached hydrogen (secondary N) is 1. The summed E-state index contributed by atoms with van der Waals surface area (Å²) in [5.74, 6) is -0.491. The zero-order chi connectivity index (χ0) is 28.7. The van der Waals surface area contributed by atoms with E-state index < -0.39 is 27.4 Å². The van der Waals surface area contributed by atoms with Gasteiger partial charge in [-0.25, -0.2) is 17.2 Å². The summed E-state index contributed by atoms with van der Waals surface area (Å²) in [5, 5.41) is 3.42. The van der Waals surface area contributed by atoms with Crippen molar-refractivity contribution in [3.05, 3.63) is 84.1 Å². The van der Waals surface area contributed by atoms with Crippen LogP contribution in [0.5, 0.6) is 23.0 Å². The Morgan fingerprint density at radius 2 is 1.70 bits per heavy atom. The molecule has 0 saturated carbocycles. The van der Waals surface area contributed by atoms with Crippen LogP contribution in [0.1, 0.15) is 12.0 Å². The summed E-state index contributed by atoms with van der Waals surface area (Å²) in [6, 6.07) is 14.3. The zero-order valence-corrected chi connectivity index (χ0v) is 22.8. The van der Waals surface area contributed by atoms with Gasteiger partial charge >= 0.3 is 0 Å². The van der Waals surface area contributed by atoms with Crippen LogP contribution in [-0.4, -0.2) is 47.2 Å². The van der Waals surface area contributed by atoms with Crippen molar-refractivity contribution in [2.24, 2.45) is 4.40 Å². The number of ether oxygens (including phenoxy) is 4. The molecular weight excluding hydrogens is 544 g/mol. The fraction of sp³-hybridized carbons (Fsp3) is 0.214. The second kappa shape index (κ2) is 12.7. The minimum Gasteiger partial charge on any atom is -0.493 e. The van der Waals surface area contributed by atoms with Gasteiger partial charge < -0.3 is 24.3 Å². The minimum absolute atomic E-state index is 0.0347. The molecule has 1 N–H and O–H groups in total. The number of sulfonamides is 1. The minimum atomic E-state index is -4.03. The largest absolute Gasteiger partial charge is 0.493 e.